The molecule has 0 atom stereocenters. The molecule has 1 aromatic heterocycles. The van der Waals surface area contributed by atoms with Crippen molar-refractivity contribution in [1.29, 1.82) is 0 Å². The van der Waals surface area contributed by atoms with Crippen LogP contribution in [0.3, 0.4) is 0 Å². The highest BCUT2D eigenvalue weighted by molar-refractivity contribution is 9.10. The lowest BCUT2D eigenvalue weighted by Crippen LogP contribution is -2.10. The first-order valence-corrected chi connectivity index (χ1v) is 7.38. The summed E-state index contributed by atoms with van der Waals surface area (Å²) in [6.45, 7) is 1.93. The van der Waals surface area contributed by atoms with Gasteiger partial charge in [-0.15, -0.1) is 11.3 Å². The number of nitrogens with one attached hydrogen (secondary N) is 1. The first-order chi connectivity index (χ1) is 9.38. The molecule has 0 radical (unpaired) electrons. The topological polar surface area (TPSA) is 72.2 Å². The molecule has 0 fully saturated rings. The number of thiophene rings is 1. The maximum atomic E-state index is 12.0. The molecule has 0 saturated carbocycles. The van der Waals surface area contributed by atoms with E-state index in [1.54, 1.807) is 6.07 Å². The summed E-state index contributed by atoms with van der Waals surface area (Å²) in [6, 6.07) is 6.63. The van der Waals surface area contributed by atoms with Crippen molar-refractivity contribution >= 4 is 56.1 Å². The van der Waals surface area contributed by atoms with Crippen LogP contribution in [0.2, 0.25) is 4.34 Å². The van der Waals surface area contributed by atoms with Gasteiger partial charge < -0.3 is 5.32 Å². The van der Waals surface area contributed by atoms with Crippen LogP contribution in [0.4, 0.5) is 11.4 Å². The SMILES string of the molecule is Cc1ccc(NC(=O)c2cc([N+](=O)[O-])c(Cl)s2)c(Br)c1. The normalized spacial score (nSPS) is 10.3. The van der Waals surface area contributed by atoms with Crippen LogP contribution >= 0.6 is 38.9 Å². The van der Waals surface area contributed by atoms with Gasteiger partial charge in [-0.1, -0.05) is 17.7 Å². The van der Waals surface area contributed by atoms with E-state index in [1.807, 2.05) is 19.1 Å². The van der Waals surface area contributed by atoms with Gasteiger partial charge in [-0.3, -0.25) is 14.9 Å². The molecule has 2 aromatic rings. The van der Waals surface area contributed by atoms with Gasteiger partial charge >= 0.3 is 0 Å². The lowest BCUT2D eigenvalue weighted by Gasteiger charge is -2.06. The molecule has 8 heteroatoms. The van der Waals surface area contributed by atoms with Gasteiger partial charge in [0.05, 0.1) is 10.6 Å². The highest BCUT2D eigenvalue weighted by Gasteiger charge is 2.21. The molecule has 0 unspecified atom stereocenters. The molecule has 0 aliphatic heterocycles. The minimum absolute atomic E-state index is 0.0110. The van der Waals surface area contributed by atoms with Gasteiger partial charge in [0.15, 0.2) is 4.34 Å². The fourth-order valence-corrected chi connectivity index (χ4v) is 3.21. The van der Waals surface area contributed by atoms with E-state index in [1.165, 1.54) is 6.07 Å². The van der Waals surface area contributed by atoms with Crippen molar-refractivity contribution in [2.75, 3.05) is 5.32 Å². The third kappa shape index (κ3) is 3.17. The van der Waals surface area contributed by atoms with E-state index < -0.39 is 10.8 Å². The van der Waals surface area contributed by atoms with E-state index in [4.69, 9.17) is 11.6 Å². The summed E-state index contributed by atoms with van der Waals surface area (Å²) in [4.78, 5) is 22.3. The van der Waals surface area contributed by atoms with Crippen LogP contribution < -0.4 is 5.32 Å². The highest BCUT2D eigenvalue weighted by atomic mass is 79.9. The third-order valence-corrected chi connectivity index (χ3v) is 4.45. The lowest BCUT2D eigenvalue weighted by atomic mass is 10.2. The summed E-state index contributed by atoms with van der Waals surface area (Å²) >= 11 is 9.95. The Hall–Kier alpha value is -1.44. The molecule has 0 aliphatic carbocycles. The van der Waals surface area contributed by atoms with Crippen LogP contribution in [-0.4, -0.2) is 10.8 Å². The van der Waals surface area contributed by atoms with E-state index in [9.17, 15) is 14.9 Å². The summed E-state index contributed by atoms with van der Waals surface area (Å²) in [5.41, 5.74) is 1.38. The first-order valence-electron chi connectivity index (χ1n) is 5.39. The Morgan fingerprint density at radius 1 is 1.45 bits per heavy atom. The van der Waals surface area contributed by atoms with Gasteiger partial charge in [-0.25, -0.2) is 0 Å². The van der Waals surface area contributed by atoms with Gasteiger partial charge in [-0.05, 0) is 40.5 Å². The average molecular weight is 376 g/mol. The van der Waals surface area contributed by atoms with E-state index in [0.717, 1.165) is 21.4 Å². The maximum Gasteiger partial charge on any atom is 0.299 e. The number of carbonyl (C=O) groups is 1. The van der Waals surface area contributed by atoms with E-state index >= 15 is 0 Å². The van der Waals surface area contributed by atoms with Crippen molar-refractivity contribution in [3.8, 4) is 0 Å². The van der Waals surface area contributed by atoms with Gasteiger partial charge in [0.2, 0.25) is 0 Å². The van der Waals surface area contributed by atoms with Crippen molar-refractivity contribution < 1.29 is 9.72 Å². The third-order valence-electron chi connectivity index (χ3n) is 2.46. The molecule has 2 rings (SSSR count). The number of carbonyl (C=O) groups excluding carboxylic acids is 1. The molecule has 0 spiro atoms. The second-order valence-corrected chi connectivity index (χ2v) is 6.47. The molecule has 1 aromatic carbocycles. The van der Waals surface area contributed by atoms with Gasteiger partial charge in [0.1, 0.15) is 4.88 Å². The van der Waals surface area contributed by atoms with Crippen molar-refractivity contribution in [1.82, 2.24) is 0 Å². The number of aryl methyl sites for hydroxylation is 1. The minimum Gasteiger partial charge on any atom is -0.320 e. The van der Waals surface area contributed by atoms with E-state index in [-0.39, 0.29) is 14.9 Å². The molecule has 20 heavy (non-hydrogen) atoms. The monoisotopic (exact) mass is 374 g/mol. The van der Waals surface area contributed by atoms with Crippen molar-refractivity contribution in [2.24, 2.45) is 0 Å². The standard InChI is InChI=1S/C12H8BrClN2O3S/c1-6-2-3-8(7(13)4-6)15-12(17)10-5-9(16(18)19)11(14)20-10/h2-5H,1H3,(H,15,17). The number of nitrogens with zero attached hydrogens (tertiary/aromatic N) is 1. The zero-order chi connectivity index (χ0) is 14.9. The number of halogens is 2. The zero-order valence-electron chi connectivity index (χ0n) is 10.1. The van der Waals surface area contributed by atoms with Gasteiger partial charge in [0, 0.05) is 10.5 Å². The fraction of sp³-hybridized carbons (Fsp3) is 0.0833. The Morgan fingerprint density at radius 2 is 2.15 bits per heavy atom. The number of hydrogen-bond donors (Lipinski definition) is 1. The predicted molar refractivity (Wildman–Crippen MR) is 82.8 cm³/mol. The molecule has 0 aliphatic rings. The highest BCUT2D eigenvalue weighted by Crippen LogP contribution is 2.34. The number of rotatable bonds is 3. The van der Waals surface area contributed by atoms with E-state index in [0.29, 0.717) is 5.69 Å². The zero-order valence-corrected chi connectivity index (χ0v) is 13.3. The molecule has 1 N–H and O–H groups in total. The second-order valence-electron chi connectivity index (χ2n) is 3.96. The summed E-state index contributed by atoms with van der Waals surface area (Å²) in [5.74, 6) is -0.436. The summed E-state index contributed by atoms with van der Waals surface area (Å²) in [5, 5.41) is 13.4. The largest absolute Gasteiger partial charge is 0.320 e. The van der Waals surface area contributed by atoms with Gasteiger partial charge in [-0.2, -0.15) is 0 Å². The second kappa shape index (κ2) is 5.90. The number of amides is 1. The van der Waals surface area contributed by atoms with Crippen LogP contribution in [-0.2, 0) is 0 Å². The van der Waals surface area contributed by atoms with Crippen molar-refractivity contribution in [3.05, 3.63) is 53.6 Å². The Labute approximate surface area is 131 Å². The van der Waals surface area contributed by atoms with Crippen molar-refractivity contribution in [3.63, 3.8) is 0 Å². The van der Waals surface area contributed by atoms with Crippen LogP contribution in [0.1, 0.15) is 15.2 Å². The molecular formula is C12H8BrClN2O3S. The van der Waals surface area contributed by atoms with Crippen LogP contribution in [0.25, 0.3) is 0 Å². The van der Waals surface area contributed by atoms with Gasteiger partial charge in [0.25, 0.3) is 11.6 Å². The van der Waals surface area contributed by atoms with Crippen molar-refractivity contribution in [2.45, 2.75) is 6.92 Å². The fourth-order valence-electron chi connectivity index (χ4n) is 1.50. The molecule has 5 nitrogen and oxygen atoms in total. The molecule has 1 heterocycles. The minimum atomic E-state index is -0.614. The average Bonchev–Trinajstić information content (AvgIpc) is 2.75. The molecule has 1 amide bonds. The van der Waals surface area contributed by atoms with E-state index in [2.05, 4.69) is 21.2 Å². The Kier molecular flexibility index (Phi) is 4.42. The number of nitro groups is 1. The van der Waals surface area contributed by atoms with Crippen LogP contribution in [0.5, 0.6) is 0 Å². The molecule has 104 valence electrons. The molecule has 0 saturated heterocycles. The Morgan fingerprint density at radius 3 is 2.70 bits per heavy atom. The lowest BCUT2D eigenvalue weighted by molar-refractivity contribution is -0.384. The summed E-state index contributed by atoms with van der Waals surface area (Å²) in [6.07, 6.45) is 0. The van der Waals surface area contributed by atoms with Crippen LogP contribution in [0.15, 0.2) is 28.7 Å². The Bertz CT molecular complexity index is 702. The number of benzene rings is 1. The molecular weight excluding hydrogens is 368 g/mol. The number of anilines is 1. The smallest absolute Gasteiger partial charge is 0.299 e. The maximum absolute atomic E-state index is 12.0. The number of hydrogen-bond acceptors (Lipinski definition) is 4. The molecule has 0 bridgehead atoms. The first kappa shape index (κ1) is 15.0. The predicted octanol–water partition coefficient (Wildman–Crippen LogP) is 4.63. The summed E-state index contributed by atoms with van der Waals surface area (Å²) in [7, 11) is 0. The summed E-state index contributed by atoms with van der Waals surface area (Å²) < 4.78 is 0.728. The van der Waals surface area contributed by atoms with Crippen LogP contribution in [0, 0.1) is 17.0 Å². The quantitative estimate of drug-likeness (QED) is 0.628. The Balaban J connectivity index is 2.24.